The molecular weight excluding hydrogens is 309 g/mol. The molecule has 0 aliphatic heterocycles. The van der Waals surface area contributed by atoms with Gasteiger partial charge in [-0.25, -0.2) is 4.39 Å². The first-order valence-electron chi connectivity index (χ1n) is 7.76. The molecule has 1 amide bonds. The van der Waals surface area contributed by atoms with Crippen molar-refractivity contribution in [1.29, 1.82) is 0 Å². The van der Waals surface area contributed by atoms with Crippen LogP contribution in [0.4, 0.5) is 4.39 Å². The fourth-order valence-electron chi connectivity index (χ4n) is 3.19. The average molecular weight is 329 g/mol. The lowest BCUT2D eigenvalue weighted by molar-refractivity contribution is -0.122. The van der Waals surface area contributed by atoms with Crippen molar-refractivity contribution in [3.05, 3.63) is 71.0 Å². The number of benzene rings is 2. The average Bonchev–Trinajstić information content (AvgIpc) is 2.91. The molecule has 2 nitrogen and oxygen atoms in total. The van der Waals surface area contributed by atoms with Gasteiger partial charge in [0.25, 0.3) is 0 Å². The smallest absolute Gasteiger partial charge is 0.227 e. The quantitative estimate of drug-likeness (QED) is 0.916. The van der Waals surface area contributed by atoms with E-state index in [9.17, 15) is 9.18 Å². The van der Waals surface area contributed by atoms with Crippen molar-refractivity contribution in [2.24, 2.45) is 0 Å². The molecule has 0 fully saturated rings. The van der Waals surface area contributed by atoms with Gasteiger partial charge in [-0.05, 0) is 48.4 Å². The summed E-state index contributed by atoms with van der Waals surface area (Å²) in [4.78, 5) is 12.6. The summed E-state index contributed by atoms with van der Waals surface area (Å²) < 4.78 is 13.0. The van der Waals surface area contributed by atoms with Gasteiger partial charge in [0, 0.05) is 6.04 Å². The minimum absolute atomic E-state index is 0.00605. The van der Waals surface area contributed by atoms with E-state index in [1.165, 1.54) is 23.3 Å². The molecule has 0 spiro atoms. The van der Waals surface area contributed by atoms with Gasteiger partial charge in [0.05, 0.1) is 11.2 Å². The third kappa shape index (κ3) is 3.27. The maximum absolute atomic E-state index is 13.0. The Bertz CT molecular complexity index is 701. The first kappa shape index (κ1) is 16.1. The van der Waals surface area contributed by atoms with Crippen LogP contribution in [0.2, 0.25) is 0 Å². The van der Waals surface area contributed by atoms with Crippen molar-refractivity contribution >= 4 is 17.7 Å². The molecule has 0 heterocycles. The number of hydrogen-bond donors (Lipinski definition) is 1. The molecule has 23 heavy (non-hydrogen) atoms. The Labute approximate surface area is 140 Å². The largest absolute Gasteiger partial charge is 0.351 e. The summed E-state index contributed by atoms with van der Waals surface area (Å²) in [5, 5.41) is 3.47. The molecule has 0 bridgehead atoms. The fraction of sp³-hybridized carbons (Fsp3) is 0.316. The summed E-state index contributed by atoms with van der Waals surface area (Å²) in [7, 11) is 0. The number of amides is 1. The van der Waals surface area contributed by atoms with Crippen LogP contribution in [0, 0.1) is 5.82 Å². The molecule has 0 saturated heterocycles. The molecule has 1 unspecified atom stereocenters. The van der Waals surface area contributed by atoms with E-state index in [0.29, 0.717) is 0 Å². The SMILES string of the molecule is CS[C@H]1c2ccccc2C[C@@H]1NC(=O)C(C)c1ccc(F)cc1. The first-order chi connectivity index (χ1) is 11.1. The van der Waals surface area contributed by atoms with E-state index in [1.54, 1.807) is 23.9 Å². The van der Waals surface area contributed by atoms with Crippen LogP contribution in [0.1, 0.15) is 34.8 Å². The third-order valence-electron chi connectivity index (χ3n) is 4.51. The lowest BCUT2D eigenvalue weighted by Crippen LogP contribution is -2.39. The van der Waals surface area contributed by atoms with E-state index in [-0.39, 0.29) is 28.9 Å². The second kappa shape index (κ2) is 6.75. The Hall–Kier alpha value is -1.81. The van der Waals surface area contributed by atoms with Crippen LogP contribution in [0.15, 0.2) is 48.5 Å². The molecule has 120 valence electrons. The van der Waals surface area contributed by atoms with E-state index in [1.807, 2.05) is 19.1 Å². The molecule has 2 aromatic rings. The van der Waals surface area contributed by atoms with Gasteiger partial charge in [-0.15, -0.1) is 0 Å². The van der Waals surface area contributed by atoms with Gasteiger partial charge in [-0.3, -0.25) is 4.79 Å². The van der Waals surface area contributed by atoms with Crippen LogP contribution in [-0.2, 0) is 11.2 Å². The number of hydrogen-bond acceptors (Lipinski definition) is 2. The first-order valence-corrected chi connectivity index (χ1v) is 9.05. The van der Waals surface area contributed by atoms with Crippen LogP contribution >= 0.6 is 11.8 Å². The molecule has 3 atom stereocenters. The normalized spacial score (nSPS) is 20.8. The second-order valence-corrected chi connectivity index (χ2v) is 6.93. The van der Waals surface area contributed by atoms with Gasteiger partial charge in [0.15, 0.2) is 0 Å². The van der Waals surface area contributed by atoms with Crippen LogP contribution in [0.3, 0.4) is 0 Å². The van der Waals surface area contributed by atoms with Crippen molar-refractivity contribution in [3.63, 3.8) is 0 Å². The number of fused-ring (bicyclic) bond motifs is 1. The number of thioether (sulfide) groups is 1. The molecule has 0 aromatic heterocycles. The van der Waals surface area contributed by atoms with Crippen molar-refractivity contribution in [2.45, 2.75) is 30.6 Å². The fourth-order valence-corrected chi connectivity index (χ4v) is 4.16. The minimum atomic E-state index is -0.290. The lowest BCUT2D eigenvalue weighted by Gasteiger charge is -2.22. The van der Waals surface area contributed by atoms with E-state index >= 15 is 0 Å². The topological polar surface area (TPSA) is 29.1 Å². The Balaban J connectivity index is 1.72. The minimum Gasteiger partial charge on any atom is -0.351 e. The van der Waals surface area contributed by atoms with E-state index in [4.69, 9.17) is 0 Å². The van der Waals surface area contributed by atoms with Crippen LogP contribution in [-0.4, -0.2) is 18.2 Å². The van der Waals surface area contributed by atoms with Gasteiger partial charge in [0.2, 0.25) is 5.91 Å². The molecule has 3 rings (SSSR count). The maximum Gasteiger partial charge on any atom is 0.227 e. The third-order valence-corrected chi connectivity index (χ3v) is 5.60. The lowest BCUT2D eigenvalue weighted by atomic mass is 10.00. The predicted molar refractivity (Wildman–Crippen MR) is 93.1 cm³/mol. The summed E-state index contributed by atoms with van der Waals surface area (Å²) in [5.74, 6) is -0.578. The number of nitrogens with one attached hydrogen (secondary N) is 1. The highest BCUT2D eigenvalue weighted by Crippen LogP contribution is 2.40. The molecule has 0 radical (unpaired) electrons. The molecule has 1 aliphatic carbocycles. The second-order valence-electron chi connectivity index (χ2n) is 5.95. The molecule has 2 aromatic carbocycles. The molecule has 4 heteroatoms. The van der Waals surface area contributed by atoms with Crippen LogP contribution in [0.5, 0.6) is 0 Å². The summed E-state index contributed by atoms with van der Waals surface area (Å²) in [6.45, 7) is 1.86. The van der Waals surface area contributed by atoms with Gasteiger partial charge in [-0.1, -0.05) is 36.4 Å². The Morgan fingerprint density at radius 3 is 2.61 bits per heavy atom. The summed E-state index contributed by atoms with van der Waals surface area (Å²) in [6, 6.07) is 14.6. The van der Waals surface area contributed by atoms with Gasteiger partial charge in [0.1, 0.15) is 5.82 Å². The van der Waals surface area contributed by atoms with Crippen molar-refractivity contribution in [2.75, 3.05) is 6.26 Å². The zero-order valence-electron chi connectivity index (χ0n) is 13.3. The van der Waals surface area contributed by atoms with Gasteiger partial charge >= 0.3 is 0 Å². The van der Waals surface area contributed by atoms with E-state index in [0.717, 1.165) is 12.0 Å². The predicted octanol–water partition coefficient (Wildman–Crippen LogP) is 4.07. The summed E-state index contributed by atoms with van der Waals surface area (Å²) >= 11 is 1.77. The van der Waals surface area contributed by atoms with Crippen molar-refractivity contribution in [1.82, 2.24) is 5.32 Å². The Kier molecular flexibility index (Phi) is 4.71. The number of rotatable bonds is 4. The zero-order valence-corrected chi connectivity index (χ0v) is 14.1. The number of carbonyl (C=O) groups is 1. The molecule has 0 saturated carbocycles. The highest BCUT2D eigenvalue weighted by molar-refractivity contribution is 7.98. The van der Waals surface area contributed by atoms with Crippen LogP contribution < -0.4 is 5.32 Å². The maximum atomic E-state index is 13.0. The highest BCUT2D eigenvalue weighted by atomic mass is 32.2. The van der Waals surface area contributed by atoms with E-state index in [2.05, 4.69) is 23.7 Å². The highest BCUT2D eigenvalue weighted by Gasteiger charge is 2.33. The molecule has 1 N–H and O–H groups in total. The monoisotopic (exact) mass is 329 g/mol. The molecular formula is C19H20FNOS. The summed E-state index contributed by atoms with van der Waals surface area (Å²) in [6.07, 6.45) is 2.94. The Morgan fingerprint density at radius 1 is 1.22 bits per heavy atom. The van der Waals surface area contributed by atoms with Gasteiger partial charge in [-0.2, -0.15) is 11.8 Å². The Morgan fingerprint density at radius 2 is 1.91 bits per heavy atom. The number of halogens is 1. The molecule has 1 aliphatic rings. The van der Waals surface area contributed by atoms with Crippen molar-refractivity contribution in [3.8, 4) is 0 Å². The zero-order chi connectivity index (χ0) is 16.4. The standard InChI is InChI=1S/C19H20FNOS/c1-12(13-7-9-15(20)10-8-13)19(22)21-17-11-14-5-3-4-6-16(14)18(17)23-2/h3-10,12,17-18H,11H2,1-2H3,(H,21,22)/t12?,17-,18-/m0/s1. The number of carbonyl (C=O) groups excluding carboxylic acids is 1. The van der Waals surface area contributed by atoms with Gasteiger partial charge < -0.3 is 5.32 Å². The van der Waals surface area contributed by atoms with Crippen molar-refractivity contribution < 1.29 is 9.18 Å². The van der Waals surface area contributed by atoms with Crippen LogP contribution in [0.25, 0.3) is 0 Å². The summed E-state index contributed by atoms with van der Waals surface area (Å²) in [5.41, 5.74) is 3.46. The van der Waals surface area contributed by atoms with E-state index < -0.39 is 0 Å².